The molecular weight excluding hydrogens is 244 g/mol. The number of halogens is 2. The van der Waals surface area contributed by atoms with Crippen molar-refractivity contribution in [3.8, 4) is 0 Å². The third-order valence-corrected chi connectivity index (χ3v) is 5.00. The summed E-state index contributed by atoms with van der Waals surface area (Å²) in [6.45, 7) is 0. The Morgan fingerprint density at radius 2 is 1.84 bits per heavy atom. The molecule has 3 heteroatoms. The van der Waals surface area contributed by atoms with E-state index in [0.717, 1.165) is 29.7 Å². The van der Waals surface area contributed by atoms with Crippen LogP contribution in [0.2, 0.25) is 0 Å². The molecule has 0 aliphatic heterocycles. The maximum Gasteiger partial charge on any atom is 0.159 e. The van der Waals surface area contributed by atoms with E-state index in [4.69, 9.17) is 0 Å². The van der Waals surface area contributed by atoms with Crippen molar-refractivity contribution in [2.24, 2.45) is 17.8 Å². The molecule has 3 rings (SSSR count). The first kappa shape index (κ1) is 13.0. The lowest BCUT2D eigenvalue weighted by atomic mass is 10.00. The van der Waals surface area contributed by atoms with Crippen molar-refractivity contribution in [1.82, 2.24) is 5.32 Å². The summed E-state index contributed by atoms with van der Waals surface area (Å²) in [7, 11) is 1.98. The van der Waals surface area contributed by atoms with E-state index in [1.165, 1.54) is 37.8 Å². The zero-order valence-corrected chi connectivity index (χ0v) is 11.3. The predicted molar refractivity (Wildman–Crippen MR) is 71.8 cm³/mol. The van der Waals surface area contributed by atoms with Crippen LogP contribution in [0.1, 0.15) is 31.2 Å². The molecule has 2 aliphatic carbocycles. The summed E-state index contributed by atoms with van der Waals surface area (Å²) >= 11 is 0. The molecule has 1 aromatic rings. The van der Waals surface area contributed by atoms with Crippen molar-refractivity contribution in [2.75, 3.05) is 7.05 Å². The van der Waals surface area contributed by atoms with Crippen molar-refractivity contribution in [1.29, 1.82) is 0 Å². The lowest BCUT2D eigenvalue weighted by molar-refractivity contribution is 0.456. The molecule has 1 nitrogen and oxygen atoms in total. The fourth-order valence-electron chi connectivity index (χ4n) is 4.00. The number of benzene rings is 1. The summed E-state index contributed by atoms with van der Waals surface area (Å²) in [5, 5.41) is 3.39. The second-order valence-corrected chi connectivity index (χ2v) is 6.04. The zero-order chi connectivity index (χ0) is 13.4. The van der Waals surface area contributed by atoms with Crippen LogP contribution in [0.5, 0.6) is 0 Å². The van der Waals surface area contributed by atoms with Gasteiger partial charge < -0.3 is 5.32 Å². The Kier molecular flexibility index (Phi) is 3.57. The summed E-state index contributed by atoms with van der Waals surface area (Å²) in [4.78, 5) is 0. The van der Waals surface area contributed by atoms with Gasteiger partial charge in [0.25, 0.3) is 0 Å². The Labute approximate surface area is 113 Å². The van der Waals surface area contributed by atoms with Gasteiger partial charge >= 0.3 is 0 Å². The molecule has 3 atom stereocenters. The van der Waals surface area contributed by atoms with Gasteiger partial charge in [-0.05, 0) is 61.8 Å². The van der Waals surface area contributed by atoms with E-state index < -0.39 is 11.6 Å². The van der Waals surface area contributed by atoms with Crippen molar-refractivity contribution in [3.63, 3.8) is 0 Å². The van der Waals surface area contributed by atoms with Gasteiger partial charge in [-0.1, -0.05) is 18.9 Å². The fourth-order valence-corrected chi connectivity index (χ4v) is 4.00. The highest BCUT2D eigenvalue weighted by atomic mass is 19.2. The Balaban J connectivity index is 1.68. The van der Waals surface area contributed by atoms with E-state index >= 15 is 0 Å². The maximum absolute atomic E-state index is 13.3. The molecule has 2 fully saturated rings. The topological polar surface area (TPSA) is 12.0 Å². The van der Waals surface area contributed by atoms with E-state index in [2.05, 4.69) is 5.32 Å². The number of likely N-dealkylation sites (N-methyl/N-ethyl adjacent to an activating group) is 1. The molecule has 0 aromatic heterocycles. The van der Waals surface area contributed by atoms with Gasteiger partial charge in [0.2, 0.25) is 0 Å². The molecule has 0 spiro atoms. The first-order chi connectivity index (χ1) is 9.20. The highest BCUT2D eigenvalue weighted by Crippen LogP contribution is 2.57. The molecule has 104 valence electrons. The zero-order valence-electron chi connectivity index (χ0n) is 11.3. The van der Waals surface area contributed by atoms with Gasteiger partial charge in [0, 0.05) is 6.04 Å². The minimum atomic E-state index is -0.759. The largest absolute Gasteiger partial charge is 0.316 e. The van der Waals surface area contributed by atoms with Crippen LogP contribution in [0.3, 0.4) is 0 Å². The molecule has 0 amide bonds. The second kappa shape index (κ2) is 5.20. The van der Waals surface area contributed by atoms with Gasteiger partial charge in [-0.3, -0.25) is 0 Å². The average Bonchev–Trinajstić information content (AvgIpc) is 3.14. The highest BCUT2D eigenvalue weighted by molar-refractivity contribution is 5.20. The van der Waals surface area contributed by atoms with Crippen LogP contribution >= 0.6 is 0 Å². The normalized spacial score (nSPS) is 30.8. The average molecular weight is 265 g/mol. The van der Waals surface area contributed by atoms with E-state index in [1.807, 2.05) is 7.05 Å². The lowest BCUT2D eigenvalue weighted by Crippen LogP contribution is -2.31. The Morgan fingerprint density at radius 1 is 1.16 bits per heavy atom. The quantitative estimate of drug-likeness (QED) is 0.878. The first-order valence-corrected chi connectivity index (χ1v) is 7.32. The summed E-state index contributed by atoms with van der Waals surface area (Å²) < 4.78 is 26.2. The number of hydrogen-bond acceptors (Lipinski definition) is 1. The van der Waals surface area contributed by atoms with Crippen molar-refractivity contribution < 1.29 is 8.78 Å². The van der Waals surface area contributed by atoms with Crippen LogP contribution in [-0.4, -0.2) is 13.1 Å². The number of hydrogen-bond donors (Lipinski definition) is 1. The van der Waals surface area contributed by atoms with Gasteiger partial charge in [-0.25, -0.2) is 8.78 Å². The molecule has 0 radical (unpaired) electrons. The van der Waals surface area contributed by atoms with Gasteiger partial charge in [0.05, 0.1) is 0 Å². The Morgan fingerprint density at radius 3 is 2.42 bits per heavy atom. The van der Waals surface area contributed by atoms with Gasteiger partial charge in [0.1, 0.15) is 0 Å². The monoisotopic (exact) mass is 265 g/mol. The highest BCUT2D eigenvalue weighted by Gasteiger charge is 2.53. The lowest BCUT2D eigenvalue weighted by Gasteiger charge is -2.16. The number of rotatable bonds is 4. The molecule has 0 saturated heterocycles. The van der Waals surface area contributed by atoms with E-state index in [1.54, 1.807) is 6.07 Å². The van der Waals surface area contributed by atoms with Crippen LogP contribution in [-0.2, 0) is 6.42 Å². The minimum absolute atomic E-state index is 0.401. The summed E-state index contributed by atoms with van der Waals surface area (Å²) in [6.07, 6.45) is 6.22. The van der Waals surface area contributed by atoms with Crippen LogP contribution in [0, 0.1) is 29.4 Å². The number of nitrogens with one attached hydrogen (secondary N) is 1. The first-order valence-electron chi connectivity index (χ1n) is 7.32. The molecule has 1 aromatic carbocycles. The molecule has 3 unspecified atom stereocenters. The summed E-state index contributed by atoms with van der Waals surface area (Å²) in [5.74, 6) is 0.985. The van der Waals surface area contributed by atoms with Crippen molar-refractivity contribution in [3.05, 3.63) is 35.4 Å². The Hall–Kier alpha value is -0.960. The van der Waals surface area contributed by atoms with Crippen molar-refractivity contribution >= 4 is 0 Å². The second-order valence-electron chi connectivity index (χ2n) is 6.04. The molecule has 0 heterocycles. The third kappa shape index (κ3) is 2.53. The SMILES string of the molecule is CNC(Cc1ccc(F)c(F)c1)C1C2CCCCC21. The molecule has 19 heavy (non-hydrogen) atoms. The van der Waals surface area contributed by atoms with Crippen LogP contribution in [0.15, 0.2) is 18.2 Å². The standard InChI is InChI=1S/C16H21F2N/c1-19-15(16-11-4-2-3-5-12(11)16)9-10-6-7-13(17)14(18)8-10/h6-8,11-12,15-16,19H,2-5,9H2,1H3. The minimum Gasteiger partial charge on any atom is -0.316 e. The summed E-state index contributed by atoms with van der Waals surface area (Å²) in [6, 6.07) is 4.68. The van der Waals surface area contributed by atoms with Gasteiger partial charge in [0.15, 0.2) is 11.6 Å². The maximum atomic E-state index is 13.3. The molecule has 0 bridgehead atoms. The fraction of sp³-hybridized carbons (Fsp3) is 0.625. The van der Waals surface area contributed by atoms with Crippen LogP contribution < -0.4 is 5.32 Å². The Bertz CT molecular complexity index is 448. The number of fused-ring (bicyclic) bond motifs is 1. The van der Waals surface area contributed by atoms with Gasteiger partial charge in [-0.15, -0.1) is 0 Å². The van der Waals surface area contributed by atoms with Crippen LogP contribution in [0.25, 0.3) is 0 Å². The predicted octanol–water partition coefficient (Wildman–Crippen LogP) is 3.53. The van der Waals surface area contributed by atoms with E-state index in [0.29, 0.717) is 6.04 Å². The molecule has 2 saturated carbocycles. The van der Waals surface area contributed by atoms with Crippen LogP contribution in [0.4, 0.5) is 8.78 Å². The van der Waals surface area contributed by atoms with Crippen molar-refractivity contribution in [2.45, 2.75) is 38.1 Å². The molecule has 2 aliphatic rings. The summed E-state index contributed by atoms with van der Waals surface area (Å²) in [5.41, 5.74) is 0.891. The van der Waals surface area contributed by atoms with Gasteiger partial charge in [-0.2, -0.15) is 0 Å². The third-order valence-electron chi connectivity index (χ3n) is 5.00. The van der Waals surface area contributed by atoms with E-state index in [-0.39, 0.29) is 0 Å². The smallest absolute Gasteiger partial charge is 0.159 e. The van der Waals surface area contributed by atoms with E-state index in [9.17, 15) is 8.78 Å². The molecular formula is C16H21F2N. The molecule has 1 N–H and O–H groups in total.